The lowest BCUT2D eigenvalue weighted by Gasteiger charge is -2.30. The quantitative estimate of drug-likeness (QED) is 0.797. The highest BCUT2D eigenvalue weighted by atomic mass is 16.2. The summed E-state index contributed by atoms with van der Waals surface area (Å²) in [5.74, 6) is 0.326. The first-order valence-corrected chi connectivity index (χ1v) is 6.05. The van der Waals surface area contributed by atoms with E-state index < -0.39 is 0 Å². The van der Waals surface area contributed by atoms with Crippen LogP contribution in [-0.2, 0) is 9.59 Å². The Balaban J connectivity index is 1.84. The molecule has 0 aromatic carbocycles. The van der Waals surface area contributed by atoms with Crippen LogP contribution in [-0.4, -0.2) is 23.3 Å². The number of hydrogen-bond acceptors (Lipinski definition) is 2. The van der Waals surface area contributed by atoms with Crippen molar-refractivity contribution in [1.82, 2.24) is 4.90 Å². The van der Waals surface area contributed by atoms with Crippen molar-refractivity contribution >= 4 is 11.8 Å². The second-order valence-corrected chi connectivity index (χ2v) is 4.89. The van der Waals surface area contributed by atoms with Crippen LogP contribution in [0.25, 0.3) is 0 Å². The normalized spacial score (nSPS) is 28.8. The summed E-state index contributed by atoms with van der Waals surface area (Å²) in [7, 11) is 0. The average Bonchev–Trinajstić information content (AvgIpc) is 2.61. The Kier molecular flexibility index (Phi) is 3.31. The maximum absolute atomic E-state index is 11.5. The van der Waals surface area contributed by atoms with Crippen molar-refractivity contribution in [2.45, 2.75) is 25.7 Å². The molecule has 1 fully saturated rings. The van der Waals surface area contributed by atoms with Gasteiger partial charge in [-0.2, -0.15) is 0 Å². The van der Waals surface area contributed by atoms with E-state index in [2.05, 4.69) is 6.58 Å². The summed E-state index contributed by atoms with van der Waals surface area (Å²) < 4.78 is 0. The molecule has 0 radical (unpaired) electrons. The Hall–Kier alpha value is -1.58. The Morgan fingerprint density at radius 1 is 1.35 bits per heavy atom. The van der Waals surface area contributed by atoms with E-state index in [-0.39, 0.29) is 17.7 Å². The van der Waals surface area contributed by atoms with E-state index in [0.717, 1.165) is 37.9 Å². The molecule has 0 bridgehead atoms. The molecule has 2 N–H and O–H groups in total. The van der Waals surface area contributed by atoms with E-state index in [4.69, 9.17) is 5.73 Å². The van der Waals surface area contributed by atoms with Gasteiger partial charge in [0.1, 0.15) is 0 Å². The minimum Gasteiger partial charge on any atom is -0.369 e. The molecule has 0 saturated heterocycles. The van der Waals surface area contributed by atoms with Crippen molar-refractivity contribution in [2.75, 3.05) is 6.54 Å². The molecular formula is C13H18N2O2. The lowest BCUT2D eigenvalue weighted by Crippen LogP contribution is -2.34. The highest BCUT2D eigenvalue weighted by Crippen LogP contribution is 2.30. The molecule has 1 heterocycles. The molecular weight excluding hydrogens is 216 g/mol. The van der Waals surface area contributed by atoms with Crippen LogP contribution >= 0.6 is 0 Å². The van der Waals surface area contributed by atoms with E-state index in [1.54, 1.807) is 17.1 Å². The summed E-state index contributed by atoms with van der Waals surface area (Å²) in [6, 6.07) is 0. The van der Waals surface area contributed by atoms with Crippen LogP contribution in [0.15, 0.2) is 24.4 Å². The number of hydrogen-bond donors (Lipinski definition) is 1. The van der Waals surface area contributed by atoms with Crippen molar-refractivity contribution < 1.29 is 9.59 Å². The predicted molar refractivity (Wildman–Crippen MR) is 64.6 cm³/mol. The van der Waals surface area contributed by atoms with Gasteiger partial charge in [-0.3, -0.25) is 9.59 Å². The maximum atomic E-state index is 11.5. The van der Waals surface area contributed by atoms with Crippen molar-refractivity contribution in [2.24, 2.45) is 17.6 Å². The first kappa shape index (κ1) is 11.9. The molecule has 4 nitrogen and oxygen atoms in total. The second-order valence-electron chi connectivity index (χ2n) is 4.89. The first-order valence-electron chi connectivity index (χ1n) is 6.05. The summed E-state index contributed by atoms with van der Waals surface area (Å²) in [6.45, 7) is 4.56. The Morgan fingerprint density at radius 3 is 2.47 bits per heavy atom. The van der Waals surface area contributed by atoms with Gasteiger partial charge in [-0.15, -0.1) is 0 Å². The van der Waals surface area contributed by atoms with Crippen LogP contribution in [0.1, 0.15) is 25.7 Å². The van der Waals surface area contributed by atoms with Gasteiger partial charge in [0.2, 0.25) is 5.91 Å². The minimum atomic E-state index is -0.188. The Bertz CT molecular complexity index is 361. The number of amides is 2. The average molecular weight is 234 g/mol. The van der Waals surface area contributed by atoms with Gasteiger partial charge >= 0.3 is 0 Å². The summed E-state index contributed by atoms with van der Waals surface area (Å²) in [4.78, 5) is 24.3. The molecule has 17 heavy (non-hydrogen) atoms. The highest BCUT2D eigenvalue weighted by Gasteiger charge is 2.28. The number of nitrogens with two attached hydrogens (primary N) is 1. The van der Waals surface area contributed by atoms with Crippen LogP contribution in [0.4, 0.5) is 0 Å². The molecule has 0 unspecified atom stereocenters. The summed E-state index contributed by atoms with van der Waals surface area (Å²) >= 11 is 0. The van der Waals surface area contributed by atoms with Crippen LogP contribution in [0.3, 0.4) is 0 Å². The fourth-order valence-electron chi connectivity index (χ4n) is 2.58. The zero-order valence-electron chi connectivity index (χ0n) is 9.89. The van der Waals surface area contributed by atoms with Crippen LogP contribution in [0.2, 0.25) is 0 Å². The van der Waals surface area contributed by atoms with Crippen LogP contribution in [0, 0.1) is 11.8 Å². The lowest BCUT2D eigenvalue weighted by atomic mass is 9.81. The van der Waals surface area contributed by atoms with Gasteiger partial charge in [-0.25, -0.2) is 0 Å². The third-order valence-electron chi connectivity index (χ3n) is 3.72. The molecule has 0 aromatic rings. The monoisotopic (exact) mass is 234 g/mol. The van der Waals surface area contributed by atoms with Crippen molar-refractivity contribution in [1.29, 1.82) is 0 Å². The minimum absolute atomic E-state index is 0.0204. The summed E-state index contributed by atoms with van der Waals surface area (Å²) in [5, 5.41) is 0. The molecule has 1 saturated carbocycles. The SMILES string of the molecule is C=C1C=CC(=O)N1CC1CCC(C(N)=O)CC1. The topological polar surface area (TPSA) is 63.4 Å². The second kappa shape index (κ2) is 4.73. The smallest absolute Gasteiger partial charge is 0.251 e. The van der Waals surface area contributed by atoms with Gasteiger partial charge in [0, 0.05) is 24.2 Å². The fourth-order valence-corrected chi connectivity index (χ4v) is 2.58. The number of carbonyl (C=O) groups is 2. The van der Waals surface area contributed by atoms with E-state index >= 15 is 0 Å². The van der Waals surface area contributed by atoms with Gasteiger partial charge in [0.25, 0.3) is 5.91 Å². The number of nitrogens with zero attached hydrogens (tertiary/aromatic N) is 1. The van der Waals surface area contributed by atoms with Crippen molar-refractivity contribution in [3.05, 3.63) is 24.4 Å². The Morgan fingerprint density at radius 2 is 2.00 bits per heavy atom. The van der Waals surface area contributed by atoms with Gasteiger partial charge in [-0.05, 0) is 37.7 Å². The highest BCUT2D eigenvalue weighted by molar-refractivity contribution is 5.93. The molecule has 2 amide bonds. The molecule has 0 aromatic heterocycles. The molecule has 2 aliphatic rings. The predicted octanol–water partition coefficient (Wildman–Crippen LogP) is 1.19. The maximum Gasteiger partial charge on any atom is 0.251 e. The standard InChI is InChI=1S/C13H18N2O2/c1-9-2-7-12(16)15(9)8-10-3-5-11(6-4-10)13(14)17/h2,7,10-11H,1,3-6,8H2,(H2,14,17). The molecule has 2 rings (SSSR count). The van der Waals surface area contributed by atoms with Crippen LogP contribution < -0.4 is 5.73 Å². The fraction of sp³-hybridized carbons (Fsp3) is 0.538. The van der Waals surface area contributed by atoms with Gasteiger partial charge in [0.15, 0.2) is 0 Å². The van der Waals surface area contributed by atoms with Crippen molar-refractivity contribution in [3.63, 3.8) is 0 Å². The van der Waals surface area contributed by atoms with Crippen molar-refractivity contribution in [3.8, 4) is 0 Å². The summed E-state index contributed by atoms with van der Waals surface area (Å²) in [5.41, 5.74) is 6.06. The van der Waals surface area contributed by atoms with Gasteiger partial charge in [0.05, 0.1) is 0 Å². The zero-order chi connectivity index (χ0) is 12.4. The lowest BCUT2D eigenvalue weighted by molar-refractivity contribution is -0.125. The third kappa shape index (κ3) is 2.57. The van der Waals surface area contributed by atoms with E-state index in [0.29, 0.717) is 5.92 Å². The third-order valence-corrected chi connectivity index (χ3v) is 3.72. The molecule has 0 atom stereocenters. The largest absolute Gasteiger partial charge is 0.369 e. The number of allylic oxidation sites excluding steroid dienone is 1. The summed E-state index contributed by atoms with van der Waals surface area (Å²) in [6.07, 6.45) is 6.92. The Labute approximate surface area is 101 Å². The van der Waals surface area contributed by atoms with Gasteiger partial charge in [-0.1, -0.05) is 6.58 Å². The number of rotatable bonds is 3. The van der Waals surface area contributed by atoms with Crippen LogP contribution in [0.5, 0.6) is 0 Å². The van der Waals surface area contributed by atoms with E-state index in [9.17, 15) is 9.59 Å². The van der Waals surface area contributed by atoms with E-state index in [1.165, 1.54) is 0 Å². The number of primary amides is 1. The molecule has 4 heteroatoms. The molecule has 92 valence electrons. The van der Waals surface area contributed by atoms with Gasteiger partial charge < -0.3 is 10.6 Å². The van der Waals surface area contributed by atoms with E-state index in [1.807, 2.05) is 0 Å². The molecule has 1 aliphatic carbocycles. The molecule has 1 aliphatic heterocycles. The first-order chi connectivity index (χ1) is 8.08. The zero-order valence-corrected chi connectivity index (χ0v) is 9.89. The molecule has 0 spiro atoms. The number of carbonyl (C=O) groups excluding carboxylic acids is 2.